The second kappa shape index (κ2) is 9.45. The summed E-state index contributed by atoms with van der Waals surface area (Å²) in [6.07, 6.45) is 2.62. The molecule has 1 aliphatic heterocycles. The molecule has 6 nitrogen and oxygen atoms in total. The van der Waals surface area contributed by atoms with Gasteiger partial charge in [0.15, 0.2) is 0 Å². The Bertz CT molecular complexity index is 1160. The van der Waals surface area contributed by atoms with Gasteiger partial charge in [-0.3, -0.25) is 4.79 Å². The molecule has 2 aromatic carbocycles. The lowest BCUT2D eigenvalue weighted by molar-refractivity contribution is -0.117. The van der Waals surface area contributed by atoms with Gasteiger partial charge in [-0.2, -0.15) is 0 Å². The van der Waals surface area contributed by atoms with Crippen LogP contribution in [0.4, 0.5) is 11.5 Å². The number of hydrogen-bond donors (Lipinski definition) is 1. The van der Waals surface area contributed by atoms with E-state index in [0.717, 1.165) is 40.2 Å². The lowest BCUT2D eigenvalue weighted by atomic mass is 9.89. The first-order valence-electron chi connectivity index (χ1n) is 11.3. The minimum absolute atomic E-state index is 0.0135. The zero-order valence-electron chi connectivity index (χ0n) is 19.5. The highest BCUT2D eigenvalue weighted by Gasteiger charge is 2.32. The predicted octanol–water partition coefficient (Wildman–Crippen LogP) is 5.53. The highest BCUT2D eigenvalue weighted by Crippen LogP contribution is 2.41. The number of carbonyl (C=O) groups is 2. The summed E-state index contributed by atoms with van der Waals surface area (Å²) in [5, 5.41) is 3.56. The van der Waals surface area contributed by atoms with Crippen LogP contribution in [-0.2, 0) is 9.53 Å². The number of anilines is 2. The van der Waals surface area contributed by atoms with Crippen LogP contribution in [0.1, 0.15) is 54.7 Å². The molecule has 1 aromatic heterocycles. The number of nitrogens with one attached hydrogen (secondary N) is 1. The Balaban J connectivity index is 1.70. The van der Waals surface area contributed by atoms with Crippen molar-refractivity contribution in [1.82, 2.24) is 4.98 Å². The molecule has 0 radical (unpaired) electrons. The van der Waals surface area contributed by atoms with Gasteiger partial charge in [0.1, 0.15) is 5.82 Å². The van der Waals surface area contributed by atoms with Crippen molar-refractivity contribution in [3.63, 3.8) is 0 Å². The summed E-state index contributed by atoms with van der Waals surface area (Å²) in [7, 11) is 0. The summed E-state index contributed by atoms with van der Waals surface area (Å²) >= 11 is 0. The van der Waals surface area contributed by atoms with Gasteiger partial charge in [0, 0.05) is 24.8 Å². The van der Waals surface area contributed by atoms with E-state index >= 15 is 0 Å². The van der Waals surface area contributed by atoms with Gasteiger partial charge in [-0.25, -0.2) is 9.78 Å². The van der Waals surface area contributed by atoms with E-state index in [1.165, 1.54) is 0 Å². The molecule has 2 atom stereocenters. The van der Waals surface area contributed by atoms with Crippen molar-refractivity contribution in [1.29, 1.82) is 0 Å². The summed E-state index contributed by atoms with van der Waals surface area (Å²) in [5.41, 5.74) is 5.61. The molecule has 2 unspecified atom stereocenters. The lowest BCUT2D eigenvalue weighted by Gasteiger charge is -2.39. The van der Waals surface area contributed by atoms with Gasteiger partial charge in [-0.1, -0.05) is 24.3 Å². The fraction of sp³-hybridized carbons (Fsp3) is 0.296. The molecule has 1 aliphatic rings. The van der Waals surface area contributed by atoms with E-state index in [9.17, 15) is 9.59 Å². The topological polar surface area (TPSA) is 71.5 Å². The largest absolute Gasteiger partial charge is 0.462 e. The van der Waals surface area contributed by atoms with Crippen molar-refractivity contribution in [2.45, 2.75) is 46.2 Å². The predicted molar refractivity (Wildman–Crippen MR) is 130 cm³/mol. The minimum Gasteiger partial charge on any atom is -0.462 e. The van der Waals surface area contributed by atoms with Crippen LogP contribution in [0.3, 0.4) is 0 Å². The summed E-state index contributed by atoms with van der Waals surface area (Å²) in [5.74, 6) is 0.516. The fourth-order valence-electron chi connectivity index (χ4n) is 4.41. The molecule has 2 heterocycles. The van der Waals surface area contributed by atoms with E-state index in [0.29, 0.717) is 12.2 Å². The number of aryl methyl sites for hydroxylation is 1. The second-order valence-corrected chi connectivity index (χ2v) is 8.46. The highest BCUT2D eigenvalue weighted by molar-refractivity contribution is 5.94. The van der Waals surface area contributed by atoms with Crippen molar-refractivity contribution >= 4 is 23.4 Å². The quantitative estimate of drug-likeness (QED) is 0.525. The van der Waals surface area contributed by atoms with Crippen LogP contribution in [0.25, 0.3) is 11.1 Å². The van der Waals surface area contributed by atoms with Crippen molar-refractivity contribution in [2.24, 2.45) is 0 Å². The summed E-state index contributed by atoms with van der Waals surface area (Å²) in [4.78, 5) is 30.8. The number of hydrogen-bond acceptors (Lipinski definition) is 5. The van der Waals surface area contributed by atoms with E-state index in [2.05, 4.69) is 23.3 Å². The van der Waals surface area contributed by atoms with Gasteiger partial charge < -0.3 is 15.0 Å². The average Bonchev–Trinajstić information content (AvgIpc) is 2.80. The smallest absolute Gasteiger partial charge is 0.338 e. The van der Waals surface area contributed by atoms with Crippen molar-refractivity contribution in [3.8, 4) is 11.1 Å². The molecule has 0 saturated carbocycles. The van der Waals surface area contributed by atoms with Gasteiger partial charge >= 0.3 is 5.97 Å². The van der Waals surface area contributed by atoms with Crippen LogP contribution in [0, 0.1) is 6.92 Å². The van der Waals surface area contributed by atoms with Crippen LogP contribution in [0.15, 0.2) is 60.8 Å². The van der Waals surface area contributed by atoms with Crippen molar-refractivity contribution in [3.05, 3.63) is 77.5 Å². The zero-order chi connectivity index (χ0) is 23.5. The number of ether oxygens (including phenoxy) is 1. The SMILES string of the molecule is CCOC(=O)c1ccc(-c2ccc3c(c2)C(Nc2ccc(C)cn2)CC(C)N3C(C)=O)cc1. The Kier molecular flexibility index (Phi) is 6.45. The number of amides is 1. The van der Waals surface area contributed by atoms with Crippen LogP contribution in [-0.4, -0.2) is 29.5 Å². The number of carbonyl (C=O) groups excluding carboxylic acids is 2. The third-order valence-corrected chi connectivity index (χ3v) is 5.98. The van der Waals surface area contributed by atoms with Crippen LogP contribution >= 0.6 is 0 Å². The number of esters is 1. The summed E-state index contributed by atoms with van der Waals surface area (Å²) < 4.78 is 5.08. The Labute approximate surface area is 194 Å². The van der Waals surface area contributed by atoms with Gasteiger partial charge in [-0.15, -0.1) is 0 Å². The van der Waals surface area contributed by atoms with E-state index in [1.807, 2.05) is 54.4 Å². The van der Waals surface area contributed by atoms with Gasteiger partial charge in [-0.05, 0) is 79.8 Å². The molecule has 0 aliphatic carbocycles. The van der Waals surface area contributed by atoms with Gasteiger partial charge in [0.05, 0.1) is 18.2 Å². The maximum Gasteiger partial charge on any atom is 0.338 e. The van der Waals surface area contributed by atoms with Crippen LogP contribution in [0.5, 0.6) is 0 Å². The number of rotatable bonds is 5. The maximum absolute atomic E-state index is 12.4. The maximum atomic E-state index is 12.4. The summed E-state index contributed by atoms with van der Waals surface area (Å²) in [6.45, 7) is 7.84. The molecular formula is C27H29N3O3. The van der Waals surface area contributed by atoms with Gasteiger partial charge in [0.2, 0.25) is 5.91 Å². The molecule has 0 bridgehead atoms. The van der Waals surface area contributed by atoms with E-state index in [-0.39, 0.29) is 24.0 Å². The average molecular weight is 444 g/mol. The number of benzene rings is 2. The molecule has 170 valence electrons. The normalized spacial score (nSPS) is 17.3. The Morgan fingerprint density at radius 3 is 2.45 bits per heavy atom. The second-order valence-electron chi connectivity index (χ2n) is 8.46. The lowest BCUT2D eigenvalue weighted by Crippen LogP contribution is -2.43. The minimum atomic E-state index is -0.324. The molecule has 3 aromatic rings. The zero-order valence-corrected chi connectivity index (χ0v) is 19.5. The molecule has 1 N–H and O–H groups in total. The molecular weight excluding hydrogens is 414 g/mol. The van der Waals surface area contributed by atoms with Crippen LogP contribution in [0.2, 0.25) is 0 Å². The van der Waals surface area contributed by atoms with Crippen molar-refractivity contribution in [2.75, 3.05) is 16.8 Å². The number of nitrogens with zero attached hydrogens (tertiary/aromatic N) is 2. The van der Waals surface area contributed by atoms with E-state index in [1.54, 1.807) is 26.0 Å². The monoisotopic (exact) mass is 443 g/mol. The first-order chi connectivity index (χ1) is 15.9. The van der Waals surface area contributed by atoms with E-state index in [4.69, 9.17) is 4.74 Å². The van der Waals surface area contributed by atoms with Crippen LogP contribution < -0.4 is 10.2 Å². The Morgan fingerprint density at radius 2 is 1.82 bits per heavy atom. The first-order valence-corrected chi connectivity index (χ1v) is 11.3. The summed E-state index contributed by atoms with van der Waals surface area (Å²) in [6, 6.07) is 17.7. The highest BCUT2D eigenvalue weighted by atomic mass is 16.5. The fourth-order valence-corrected chi connectivity index (χ4v) is 4.41. The molecule has 1 amide bonds. The Morgan fingerprint density at radius 1 is 1.09 bits per heavy atom. The standard InChI is InChI=1S/C27H29N3O3/c1-5-33-27(32)21-9-7-20(8-10-21)22-11-12-25-23(15-22)24(14-18(3)30(25)19(4)31)29-26-13-6-17(2)16-28-26/h6-13,15-16,18,24H,5,14H2,1-4H3,(H,28,29). The molecule has 33 heavy (non-hydrogen) atoms. The van der Waals surface area contributed by atoms with Crippen molar-refractivity contribution < 1.29 is 14.3 Å². The molecule has 0 spiro atoms. The molecule has 0 fully saturated rings. The third-order valence-electron chi connectivity index (χ3n) is 5.98. The van der Waals surface area contributed by atoms with Gasteiger partial charge in [0.25, 0.3) is 0 Å². The van der Waals surface area contributed by atoms with E-state index < -0.39 is 0 Å². The Hall–Kier alpha value is -3.67. The number of pyridine rings is 1. The molecule has 0 saturated heterocycles. The molecule has 6 heteroatoms. The number of aromatic nitrogens is 1. The molecule has 4 rings (SSSR count). The first kappa shape index (κ1) is 22.5. The third kappa shape index (κ3) is 4.75. The number of fused-ring (bicyclic) bond motifs is 1.